The molecule has 0 saturated carbocycles. The van der Waals surface area contributed by atoms with Gasteiger partial charge < -0.3 is 0 Å². The minimum absolute atomic E-state index is 0.153. The molecule has 0 spiro atoms. The van der Waals surface area contributed by atoms with E-state index in [1.165, 1.54) is 12.3 Å². The molecular formula is C7H9N2O2S. The molecule has 0 aliphatic rings. The second-order valence-electron chi connectivity index (χ2n) is 2.56. The summed E-state index contributed by atoms with van der Waals surface area (Å²) in [4.78, 5) is 7.19. The first-order valence-electron chi connectivity index (χ1n) is 3.48. The van der Waals surface area contributed by atoms with E-state index in [1.807, 2.05) is 0 Å². The summed E-state index contributed by atoms with van der Waals surface area (Å²) in [5.41, 5.74) is 0. The van der Waals surface area contributed by atoms with E-state index in [0.29, 0.717) is 0 Å². The molecule has 0 saturated heterocycles. The smallest absolute Gasteiger partial charge is 0.227 e. The van der Waals surface area contributed by atoms with Crippen molar-refractivity contribution in [3.63, 3.8) is 0 Å². The molecule has 0 aliphatic heterocycles. The highest BCUT2D eigenvalue weighted by Crippen LogP contribution is 2.08. The summed E-state index contributed by atoms with van der Waals surface area (Å²) in [6.45, 7) is 3.18. The molecule has 12 heavy (non-hydrogen) atoms. The molecule has 1 aromatic heterocycles. The minimum Gasteiger partial charge on any atom is -0.227 e. The molecule has 0 N–H and O–H groups in total. The third kappa shape index (κ3) is 1.61. The summed E-state index contributed by atoms with van der Waals surface area (Å²) in [6, 6.07) is 1.46. The maximum Gasteiger partial charge on any atom is 0.247 e. The van der Waals surface area contributed by atoms with E-state index in [0.717, 1.165) is 0 Å². The molecule has 0 amide bonds. The number of nitrogens with zero attached hydrogens (tertiary/aromatic N) is 2. The Kier molecular flexibility index (Phi) is 2.42. The first-order chi connectivity index (χ1) is 5.55. The van der Waals surface area contributed by atoms with E-state index < -0.39 is 15.1 Å². The van der Waals surface area contributed by atoms with E-state index in [2.05, 4.69) is 16.2 Å². The standard InChI is InChI=1S/C7H9N2O2S/c1-6(2)12(10,11)7-8-4-3-5-9-7/h3-4,6H,1-2H3. The van der Waals surface area contributed by atoms with Crippen LogP contribution in [-0.4, -0.2) is 23.6 Å². The van der Waals surface area contributed by atoms with Gasteiger partial charge in [0.05, 0.1) is 11.4 Å². The third-order valence-electron chi connectivity index (χ3n) is 1.37. The molecule has 65 valence electrons. The lowest BCUT2D eigenvalue weighted by atomic mass is 10.6. The quantitative estimate of drug-likeness (QED) is 0.628. The lowest BCUT2D eigenvalue weighted by Gasteiger charge is -2.03. The summed E-state index contributed by atoms with van der Waals surface area (Å²) >= 11 is 0. The molecule has 4 nitrogen and oxygen atoms in total. The zero-order chi connectivity index (χ0) is 9.19. The summed E-state index contributed by atoms with van der Waals surface area (Å²) in [7, 11) is -3.33. The van der Waals surface area contributed by atoms with Gasteiger partial charge in [-0.15, -0.1) is 0 Å². The number of rotatable bonds is 2. The van der Waals surface area contributed by atoms with E-state index in [-0.39, 0.29) is 5.16 Å². The molecule has 1 heterocycles. The van der Waals surface area contributed by atoms with Crippen molar-refractivity contribution in [2.75, 3.05) is 0 Å². The largest absolute Gasteiger partial charge is 0.247 e. The molecule has 5 heteroatoms. The average Bonchev–Trinajstić information content (AvgIpc) is 2.06. The van der Waals surface area contributed by atoms with Gasteiger partial charge in [-0.2, -0.15) is 0 Å². The Hall–Kier alpha value is -0.970. The maximum atomic E-state index is 11.4. The Balaban J connectivity index is 3.17. The molecule has 1 aromatic rings. The second kappa shape index (κ2) is 3.18. The van der Waals surface area contributed by atoms with Crippen molar-refractivity contribution < 1.29 is 8.42 Å². The monoisotopic (exact) mass is 185 g/mol. The van der Waals surface area contributed by atoms with Crippen LogP contribution >= 0.6 is 0 Å². The fourth-order valence-electron chi connectivity index (χ4n) is 0.604. The van der Waals surface area contributed by atoms with E-state index in [1.54, 1.807) is 13.8 Å². The Morgan fingerprint density at radius 3 is 2.58 bits per heavy atom. The van der Waals surface area contributed by atoms with Crippen molar-refractivity contribution in [3.05, 3.63) is 18.5 Å². The van der Waals surface area contributed by atoms with Crippen LogP contribution < -0.4 is 0 Å². The molecular weight excluding hydrogens is 176 g/mol. The maximum absolute atomic E-state index is 11.4. The van der Waals surface area contributed by atoms with Gasteiger partial charge in [-0.3, -0.25) is 0 Å². The van der Waals surface area contributed by atoms with Gasteiger partial charge in [0.1, 0.15) is 0 Å². The third-order valence-corrected chi connectivity index (χ3v) is 3.32. The molecule has 1 rings (SSSR count). The molecule has 0 aromatic carbocycles. The molecule has 0 atom stereocenters. The zero-order valence-electron chi connectivity index (χ0n) is 6.85. The number of sulfone groups is 1. The highest BCUT2D eigenvalue weighted by Gasteiger charge is 2.21. The van der Waals surface area contributed by atoms with E-state index in [9.17, 15) is 8.42 Å². The van der Waals surface area contributed by atoms with Crippen molar-refractivity contribution >= 4 is 9.84 Å². The van der Waals surface area contributed by atoms with Crippen molar-refractivity contribution in [3.8, 4) is 0 Å². The Morgan fingerprint density at radius 1 is 1.50 bits per heavy atom. The predicted molar refractivity (Wildman–Crippen MR) is 43.2 cm³/mol. The highest BCUT2D eigenvalue weighted by atomic mass is 32.2. The lowest BCUT2D eigenvalue weighted by molar-refractivity contribution is 0.578. The summed E-state index contributed by atoms with van der Waals surface area (Å²) < 4.78 is 22.8. The lowest BCUT2D eigenvalue weighted by Crippen LogP contribution is -2.16. The van der Waals surface area contributed by atoms with Gasteiger partial charge in [-0.05, 0) is 19.9 Å². The first-order valence-corrected chi connectivity index (χ1v) is 5.03. The minimum atomic E-state index is -3.33. The van der Waals surface area contributed by atoms with E-state index in [4.69, 9.17) is 0 Å². The van der Waals surface area contributed by atoms with Gasteiger partial charge >= 0.3 is 0 Å². The van der Waals surface area contributed by atoms with Gasteiger partial charge in [0.2, 0.25) is 15.0 Å². The van der Waals surface area contributed by atoms with Gasteiger partial charge in [-0.25, -0.2) is 18.4 Å². The Morgan fingerprint density at radius 2 is 2.17 bits per heavy atom. The van der Waals surface area contributed by atoms with Gasteiger partial charge in [-0.1, -0.05) is 0 Å². The van der Waals surface area contributed by atoms with Crippen LogP contribution in [0.5, 0.6) is 0 Å². The first kappa shape index (κ1) is 9.12. The molecule has 1 radical (unpaired) electrons. The van der Waals surface area contributed by atoms with Gasteiger partial charge in [0.25, 0.3) is 0 Å². The second-order valence-corrected chi connectivity index (χ2v) is 4.96. The summed E-state index contributed by atoms with van der Waals surface area (Å²) in [6.07, 6.45) is 3.79. The summed E-state index contributed by atoms with van der Waals surface area (Å²) in [5.74, 6) is 0. The van der Waals surface area contributed by atoms with Crippen LogP contribution in [0.25, 0.3) is 0 Å². The van der Waals surface area contributed by atoms with Crippen LogP contribution in [0.2, 0.25) is 0 Å². The Bertz CT molecular complexity index is 345. The topological polar surface area (TPSA) is 59.9 Å². The van der Waals surface area contributed by atoms with Crippen LogP contribution in [0.4, 0.5) is 0 Å². The number of hydrogen-bond donors (Lipinski definition) is 0. The van der Waals surface area contributed by atoms with Crippen molar-refractivity contribution in [1.82, 2.24) is 9.97 Å². The molecule has 0 unspecified atom stereocenters. The van der Waals surface area contributed by atoms with Gasteiger partial charge in [0.15, 0.2) is 0 Å². The van der Waals surface area contributed by atoms with E-state index >= 15 is 0 Å². The van der Waals surface area contributed by atoms with Crippen molar-refractivity contribution in [2.45, 2.75) is 24.3 Å². The average molecular weight is 185 g/mol. The summed E-state index contributed by atoms with van der Waals surface area (Å²) in [5, 5.41) is -0.645. The fraction of sp³-hybridized carbons (Fsp3) is 0.429. The van der Waals surface area contributed by atoms with Crippen LogP contribution in [-0.2, 0) is 9.84 Å². The molecule has 0 aliphatic carbocycles. The van der Waals surface area contributed by atoms with Gasteiger partial charge in [0, 0.05) is 6.20 Å². The van der Waals surface area contributed by atoms with Crippen molar-refractivity contribution in [1.29, 1.82) is 0 Å². The molecule has 0 bridgehead atoms. The predicted octanol–water partition coefficient (Wildman–Crippen LogP) is 0.459. The van der Waals surface area contributed by atoms with Crippen LogP contribution in [0.3, 0.4) is 0 Å². The zero-order valence-corrected chi connectivity index (χ0v) is 7.67. The Labute approximate surface area is 71.6 Å². The molecule has 0 fully saturated rings. The highest BCUT2D eigenvalue weighted by molar-refractivity contribution is 7.91. The van der Waals surface area contributed by atoms with Crippen molar-refractivity contribution in [2.24, 2.45) is 0 Å². The number of hydrogen-bond acceptors (Lipinski definition) is 4. The van der Waals surface area contributed by atoms with Crippen LogP contribution in [0.15, 0.2) is 17.4 Å². The number of aromatic nitrogens is 2. The fourth-order valence-corrected chi connectivity index (χ4v) is 1.41. The normalized spacial score (nSPS) is 11.9. The SMILES string of the molecule is CC(C)S(=O)(=O)c1n[c]ccn1. The van der Waals surface area contributed by atoms with Crippen LogP contribution in [0.1, 0.15) is 13.8 Å². The van der Waals surface area contributed by atoms with Crippen LogP contribution in [0, 0.1) is 6.20 Å².